The second-order valence-electron chi connectivity index (χ2n) is 10.8. The minimum Gasteiger partial charge on any atom is -0.377 e. The third-order valence-corrected chi connectivity index (χ3v) is 8.21. The van der Waals surface area contributed by atoms with Gasteiger partial charge in [-0.05, 0) is 44.0 Å². The highest BCUT2D eigenvalue weighted by Crippen LogP contribution is 2.30. The molecule has 1 saturated heterocycles. The molecule has 16 heteroatoms. The van der Waals surface area contributed by atoms with E-state index in [0.717, 1.165) is 30.6 Å². The molecular weight excluding hydrogens is 613 g/mol. The molecule has 0 saturated carbocycles. The number of benzene rings is 1. The summed E-state index contributed by atoms with van der Waals surface area (Å²) in [5.41, 5.74) is 1.83. The lowest BCUT2D eigenvalue weighted by atomic mass is 10.0. The van der Waals surface area contributed by atoms with Crippen molar-refractivity contribution < 1.29 is 17.6 Å². The number of aryl methyl sites for hydroxylation is 1. The monoisotopic (exact) mass is 643 g/mol. The van der Waals surface area contributed by atoms with Crippen LogP contribution in [0.5, 0.6) is 0 Å². The van der Waals surface area contributed by atoms with Crippen LogP contribution in [0.1, 0.15) is 41.0 Å². The molecule has 1 fully saturated rings. The molecule has 1 amide bonds. The van der Waals surface area contributed by atoms with E-state index in [4.69, 9.17) is 16.6 Å². The van der Waals surface area contributed by atoms with Crippen LogP contribution in [0.3, 0.4) is 0 Å². The molecule has 1 aliphatic heterocycles. The number of hydrogen-bond acceptors (Lipinski definition) is 11. The van der Waals surface area contributed by atoms with Gasteiger partial charge >= 0.3 is 0 Å². The van der Waals surface area contributed by atoms with Crippen molar-refractivity contribution >= 4 is 56.0 Å². The molecule has 0 radical (unpaired) electrons. The zero-order chi connectivity index (χ0) is 31.9. The van der Waals surface area contributed by atoms with Gasteiger partial charge in [0.2, 0.25) is 21.9 Å². The lowest BCUT2D eigenvalue weighted by Crippen LogP contribution is -2.37. The third-order valence-electron chi connectivity index (χ3n) is 7.44. The van der Waals surface area contributed by atoms with Gasteiger partial charge in [0.1, 0.15) is 5.15 Å². The minimum absolute atomic E-state index is 0.0000425. The summed E-state index contributed by atoms with van der Waals surface area (Å²) in [6, 6.07) is 6.20. The first kappa shape index (κ1) is 31.1. The first-order valence-corrected chi connectivity index (χ1v) is 15.9. The Bertz CT molecular complexity index is 1920. The van der Waals surface area contributed by atoms with Gasteiger partial charge in [0, 0.05) is 32.7 Å². The van der Waals surface area contributed by atoms with Crippen LogP contribution in [-0.4, -0.2) is 71.3 Å². The topological polar surface area (TPSA) is 155 Å². The number of carbonyl (C=O) groups is 1. The highest BCUT2D eigenvalue weighted by Gasteiger charge is 2.30. The van der Waals surface area contributed by atoms with E-state index >= 15 is 0 Å². The number of nitrogens with zero attached hydrogens (tertiary/aromatic N) is 7. The standard InChI is InChI=1S/C28H31ClFN9O4S/c1-15-10-19(16(2)33-21-6-7-22(29)34-24(21)25(40)36-44(5,42)43)23-20(11-15)26(41)38(4)28(35-23)39-9-8-18(14-39)37(3)27-31-12-17(30)13-32-27/h6-7,10-13,16,18,33H,8-9,14H2,1-5H3,(H,36,40)/t16-,18+/m1/s1. The maximum Gasteiger partial charge on any atom is 0.285 e. The molecule has 1 aliphatic rings. The number of carbonyl (C=O) groups excluding carboxylic acids is 1. The van der Waals surface area contributed by atoms with Crippen molar-refractivity contribution in [2.75, 3.05) is 41.5 Å². The second-order valence-corrected chi connectivity index (χ2v) is 13.0. The Balaban J connectivity index is 1.49. The van der Waals surface area contributed by atoms with Crippen LogP contribution in [0, 0.1) is 12.7 Å². The number of rotatable bonds is 8. The van der Waals surface area contributed by atoms with Crippen molar-refractivity contribution in [2.24, 2.45) is 7.05 Å². The van der Waals surface area contributed by atoms with Gasteiger partial charge in [0.15, 0.2) is 11.5 Å². The predicted octanol–water partition coefficient (Wildman–Crippen LogP) is 2.80. The van der Waals surface area contributed by atoms with E-state index in [0.29, 0.717) is 41.5 Å². The van der Waals surface area contributed by atoms with Gasteiger partial charge in [-0.2, -0.15) is 0 Å². The predicted molar refractivity (Wildman–Crippen MR) is 166 cm³/mol. The van der Waals surface area contributed by atoms with Crippen molar-refractivity contribution in [3.8, 4) is 0 Å². The molecule has 1 aromatic carbocycles. The number of fused-ring (bicyclic) bond motifs is 1. The fourth-order valence-electron chi connectivity index (χ4n) is 5.30. The van der Waals surface area contributed by atoms with Gasteiger partial charge < -0.3 is 15.1 Å². The Kier molecular flexibility index (Phi) is 8.44. The van der Waals surface area contributed by atoms with Gasteiger partial charge in [-0.15, -0.1) is 0 Å². The first-order valence-electron chi connectivity index (χ1n) is 13.6. The summed E-state index contributed by atoms with van der Waals surface area (Å²) < 4.78 is 40.2. The Hall–Kier alpha value is -4.37. The number of amides is 1. The van der Waals surface area contributed by atoms with Gasteiger partial charge in [0.25, 0.3) is 11.5 Å². The van der Waals surface area contributed by atoms with E-state index in [-0.39, 0.29) is 28.1 Å². The van der Waals surface area contributed by atoms with Gasteiger partial charge in [-0.25, -0.2) is 37.5 Å². The SMILES string of the molecule is Cc1cc([C@@H](C)Nc2ccc(Cl)nc2C(=O)NS(C)(=O)=O)c2nc(N3CC[C@H](N(C)c4ncc(F)cn4)C3)n(C)c(=O)c2c1. The summed E-state index contributed by atoms with van der Waals surface area (Å²) in [6.45, 7) is 4.86. The molecule has 3 aromatic heterocycles. The Morgan fingerprint density at radius 1 is 1.20 bits per heavy atom. The van der Waals surface area contributed by atoms with E-state index in [1.165, 1.54) is 16.7 Å². The van der Waals surface area contributed by atoms with Crippen LogP contribution in [0.4, 0.5) is 22.0 Å². The fourth-order valence-corrected chi connectivity index (χ4v) is 5.88. The van der Waals surface area contributed by atoms with E-state index in [9.17, 15) is 22.4 Å². The smallest absolute Gasteiger partial charge is 0.285 e. The lowest BCUT2D eigenvalue weighted by molar-refractivity contribution is 0.0977. The largest absolute Gasteiger partial charge is 0.377 e. The van der Waals surface area contributed by atoms with Gasteiger partial charge in [-0.3, -0.25) is 14.2 Å². The van der Waals surface area contributed by atoms with E-state index in [1.54, 1.807) is 13.1 Å². The summed E-state index contributed by atoms with van der Waals surface area (Å²) in [7, 11) is -0.326. The highest BCUT2D eigenvalue weighted by molar-refractivity contribution is 7.89. The number of sulfonamides is 1. The van der Waals surface area contributed by atoms with E-state index in [1.807, 2.05) is 41.5 Å². The summed E-state index contributed by atoms with van der Waals surface area (Å²) in [4.78, 5) is 47.5. The van der Waals surface area contributed by atoms with Crippen LogP contribution in [0.25, 0.3) is 10.9 Å². The van der Waals surface area contributed by atoms with Gasteiger partial charge in [-0.1, -0.05) is 17.7 Å². The van der Waals surface area contributed by atoms with Crippen molar-refractivity contribution in [1.82, 2.24) is 29.2 Å². The van der Waals surface area contributed by atoms with Crippen LogP contribution in [0.2, 0.25) is 5.15 Å². The molecule has 232 valence electrons. The maximum atomic E-state index is 13.6. The molecule has 2 N–H and O–H groups in total. The molecule has 4 aromatic rings. The van der Waals surface area contributed by atoms with Crippen LogP contribution < -0.4 is 25.4 Å². The molecule has 0 spiro atoms. The minimum atomic E-state index is -3.85. The van der Waals surface area contributed by atoms with Crippen LogP contribution in [-0.2, 0) is 17.1 Å². The summed E-state index contributed by atoms with van der Waals surface area (Å²) in [6.07, 6.45) is 3.86. The second kappa shape index (κ2) is 12.0. The van der Waals surface area contributed by atoms with Crippen molar-refractivity contribution in [2.45, 2.75) is 32.4 Å². The third kappa shape index (κ3) is 6.43. The fraction of sp³-hybridized carbons (Fsp3) is 0.357. The lowest BCUT2D eigenvalue weighted by Gasteiger charge is -2.26. The first-order chi connectivity index (χ1) is 20.7. The van der Waals surface area contributed by atoms with Crippen LogP contribution in [0.15, 0.2) is 41.5 Å². The van der Waals surface area contributed by atoms with E-state index in [2.05, 4.69) is 20.3 Å². The Labute approximate surface area is 258 Å². The maximum absolute atomic E-state index is 13.6. The van der Waals surface area contributed by atoms with Crippen molar-refractivity contribution in [3.63, 3.8) is 0 Å². The summed E-state index contributed by atoms with van der Waals surface area (Å²) in [5.74, 6) is -0.566. The molecular formula is C28H31ClFN9O4S. The molecule has 0 unspecified atom stereocenters. The number of nitrogens with one attached hydrogen (secondary N) is 2. The number of aromatic nitrogens is 5. The zero-order valence-corrected chi connectivity index (χ0v) is 26.2. The van der Waals surface area contributed by atoms with Crippen LogP contribution >= 0.6 is 11.6 Å². The van der Waals surface area contributed by atoms with Crippen molar-refractivity contribution in [1.29, 1.82) is 0 Å². The average molecular weight is 644 g/mol. The summed E-state index contributed by atoms with van der Waals surface area (Å²) >= 11 is 6.02. The normalized spacial score (nSPS) is 15.8. The molecule has 5 rings (SSSR count). The quantitative estimate of drug-likeness (QED) is 0.272. The molecule has 44 heavy (non-hydrogen) atoms. The number of likely N-dealkylation sites (N-methyl/N-ethyl adjacent to an activating group) is 1. The summed E-state index contributed by atoms with van der Waals surface area (Å²) in [5, 5.41) is 3.66. The molecule has 13 nitrogen and oxygen atoms in total. The highest BCUT2D eigenvalue weighted by atomic mass is 35.5. The molecule has 4 heterocycles. The zero-order valence-electron chi connectivity index (χ0n) is 24.7. The Morgan fingerprint density at radius 3 is 2.59 bits per heavy atom. The average Bonchev–Trinajstić information content (AvgIpc) is 3.45. The Morgan fingerprint density at radius 2 is 1.91 bits per heavy atom. The number of pyridine rings is 1. The molecule has 0 bridgehead atoms. The number of anilines is 3. The molecule has 2 atom stereocenters. The van der Waals surface area contributed by atoms with E-state index < -0.39 is 27.8 Å². The number of halogens is 2. The molecule has 0 aliphatic carbocycles. The number of hydrogen-bond donors (Lipinski definition) is 2. The van der Waals surface area contributed by atoms with Gasteiger partial charge in [0.05, 0.1) is 47.3 Å². The van der Waals surface area contributed by atoms with Crippen molar-refractivity contribution in [3.05, 3.63) is 74.8 Å².